The third kappa shape index (κ3) is 2.74. The molecule has 0 aliphatic carbocycles. The molecule has 8 nitrogen and oxygen atoms in total. The Bertz CT molecular complexity index is 926. The van der Waals surface area contributed by atoms with Crippen molar-refractivity contribution >= 4 is 5.91 Å². The van der Waals surface area contributed by atoms with Crippen LogP contribution in [-0.4, -0.2) is 49.6 Å². The highest BCUT2D eigenvalue weighted by Crippen LogP contribution is 2.47. The first-order valence-electron chi connectivity index (χ1n) is 9.75. The molecule has 148 valence electrons. The molecule has 0 spiro atoms. The van der Waals surface area contributed by atoms with Crippen molar-refractivity contribution in [3.63, 3.8) is 0 Å². The van der Waals surface area contributed by atoms with Crippen LogP contribution in [0.25, 0.3) is 0 Å². The highest BCUT2D eigenvalue weighted by atomic mass is 16.7. The molecule has 2 bridgehead atoms. The lowest BCUT2D eigenvalue weighted by atomic mass is 9.80. The van der Waals surface area contributed by atoms with Gasteiger partial charge in [-0.15, -0.1) is 0 Å². The zero-order valence-corrected chi connectivity index (χ0v) is 16.1. The van der Waals surface area contributed by atoms with Crippen molar-refractivity contribution in [1.29, 1.82) is 0 Å². The lowest BCUT2D eigenvalue weighted by Gasteiger charge is -2.44. The SMILES string of the molecule is Cc1nc(C)n(CC(=O)N2C3CCC2CC(O)(c2ccc4c(c2)OCO4)C3)n1. The number of aryl methyl sites for hydroxylation is 2. The Balaban J connectivity index is 1.36. The number of fused-ring (bicyclic) bond motifs is 3. The number of ether oxygens (including phenoxy) is 2. The van der Waals surface area contributed by atoms with E-state index < -0.39 is 5.60 Å². The maximum absolute atomic E-state index is 13.0. The molecule has 1 N–H and O–H groups in total. The van der Waals surface area contributed by atoms with Crippen molar-refractivity contribution in [2.75, 3.05) is 6.79 Å². The summed E-state index contributed by atoms with van der Waals surface area (Å²) in [6.07, 6.45) is 2.89. The van der Waals surface area contributed by atoms with Crippen LogP contribution < -0.4 is 9.47 Å². The van der Waals surface area contributed by atoms with E-state index in [1.54, 1.807) is 4.68 Å². The summed E-state index contributed by atoms with van der Waals surface area (Å²) in [4.78, 5) is 19.3. The quantitative estimate of drug-likeness (QED) is 0.866. The predicted molar refractivity (Wildman–Crippen MR) is 98.8 cm³/mol. The van der Waals surface area contributed by atoms with Gasteiger partial charge in [0.15, 0.2) is 11.5 Å². The molecule has 0 radical (unpaired) electrons. The van der Waals surface area contributed by atoms with Crippen LogP contribution in [0.5, 0.6) is 11.5 Å². The standard InChI is InChI=1S/C20H24N4O4/c1-12-21-13(2)23(22-12)10-19(25)24-15-4-5-16(24)9-20(26,8-15)14-3-6-17-18(7-14)28-11-27-17/h3,6-7,15-16,26H,4-5,8-11H2,1-2H3. The largest absolute Gasteiger partial charge is 0.454 e. The van der Waals surface area contributed by atoms with Gasteiger partial charge in [0, 0.05) is 24.9 Å². The fourth-order valence-corrected chi connectivity index (χ4v) is 4.97. The van der Waals surface area contributed by atoms with Crippen molar-refractivity contribution in [2.24, 2.45) is 0 Å². The molecule has 2 fully saturated rings. The van der Waals surface area contributed by atoms with Crippen LogP contribution >= 0.6 is 0 Å². The second kappa shape index (κ2) is 6.20. The molecule has 2 aromatic rings. The number of amides is 1. The number of nitrogens with zero attached hydrogens (tertiary/aromatic N) is 4. The van der Waals surface area contributed by atoms with Crippen LogP contribution in [-0.2, 0) is 16.9 Å². The average Bonchev–Trinajstić information content (AvgIpc) is 3.31. The number of carbonyl (C=O) groups excluding carboxylic acids is 1. The van der Waals surface area contributed by atoms with Crippen molar-refractivity contribution in [1.82, 2.24) is 19.7 Å². The summed E-state index contributed by atoms with van der Waals surface area (Å²) in [6.45, 7) is 4.09. The summed E-state index contributed by atoms with van der Waals surface area (Å²) in [5.41, 5.74) is -0.118. The highest BCUT2D eigenvalue weighted by molar-refractivity contribution is 5.77. The smallest absolute Gasteiger partial charge is 0.244 e. The Hall–Kier alpha value is -2.61. The van der Waals surface area contributed by atoms with Gasteiger partial charge >= 0.3 is 0 Å². The lowest BCUT2D eigenvalue weighted by Crippen LogP contribution is -2.52. The van der Waals surface area contributed by atoms with Gasteiger partial charge in [0.1, 0.15) is 18.2 Å². The summed E-state index contributed by atoms with van der Waals surface area (Å²) < 4.78 is 12.5. The normalized spacial score (nSPS) is 28.0. The summed E-state index contributed by atoms with van der Waals surface area (Å²) in [5.74, 6) is 2.85. The molecule has 5 rings (SSSR count). The second-order valence-electron chi connectivity index (χ2n) is 8.06. The third-order valence-electron chi connectivity index (χ3n) is 6.21. The molecule has 3 aliphatic heterocycles. The fourth-order valence-electron chi connectivity index (χ4n) is 4.97. The van der Waals surface area contributed by atoms with Gasteiger partial charge < -0.3 is 19.5 Å². The van der Waals surface area contributed by atoms with Crippen LogP contribution in [0.1, 0.15) is 42.9 Å². The van der Waals surface area contributed by atoms with Crippen LogP contribution in [0.2, 0.25) is 0 Å². The molecular formula is C20H24N4O4. The molecule has 1 aromatic heterocycles. The van der Waals surface area contributed by atoms with Crippen LogP contribution in [0.15, 0.2) is 18.2 Å². The van der Waals surface area contributed by atoms with Crippen LogP contribution in [0.4, 0.5) is 0 Å². The third-order valence-corrected chi connectivity index (χ3v) is 6.21. The van der Waals surface area contributed by atoms with Gasteiger partial charge in [0.25, 0.3) is 0 Å². The van der Waals surface area contributed by atoms with E-state index >= 15 is 0 Å². The Labute approximate surface area is 163 Å². The molecule has 2 saturated heterocycles. The van der Waals surface area contributed by atoms with Gasteiger partial charge in [0.2, 0.25) is 12.7 Å². The van der Waals surface area contributed by atoms with E-state index in [1.165, 1.54) is 0 Å². The number of piperidine rings is 1. The van der Waals surface area contributed by atoms with Gasteiger partial charge in [-0.2, -0.15) is 5.10 Å². The molecule has 1 amide bonds. The number of hydrogen-bond donors (Lipinski definition) is 1. The maximum Gasteiger partial charge on any atom is 0.244 e. The molecule has 0 saturated carbocycles. The minimum atomic E-state index is -0.955. The van der Waals surface area contributed by atoms with E-state index in [-0.39, 0.29) is 31.3 Å². The Morgan fingerprint density at radius 2 is 1.93 bits per heavy atom. The molecule has 2 unspecified atom stereocenters. The molecule has 2 atom stereocenters. The first kappa shape index (κ1) is 17.5. The number of benzene rings is 1. The Kier molecular flexibility index (Phi) is 3.87. The molecule has 3 aliphatic rings. The van der Waals surface area contributed by atoms with Gasteiger partial charge in [-0.05, 0) is 44.4 Å². The van der Waals surface area contributed by atoms with Gasteiger partial charge in [-0.3, -0.25) is 4.79 Å². The summed E-state index contributed by atoms with van der Waals surface area (Å²) >= 11 is 0. The number of hydrogen-bond acceptors (Lipinski definition) is 6. The fraction of sp³-hybridized carbons (Fsp3) is 0.550. The maximum atomic E-state index is 13.0. The van der Waals surface area contributed by atoms with E-state index in [2.05, 4.69) is 10.1 Å². The molecule has 8 heteroatoms. The monoisotopic (exact) mass is 384 g/mol. The zero-order chi connectivity index (χ0) is 19.5. The number of rotatable bonds is 3. The summed E-state index contributed by atoms with van der Waals surface area (Å²) in [6, 6.07) is 5.70. The summed E-state index contributed by atoms with van der Waals surface area (Å²) in [5, 5.41) is 15.7. The van der Waals surface area contributed by atoms with E-state index in [1.807, 2.05) is 36.9 Å². The first-order valence-corrected chi connectivity index (χ1v) is 9.75. The minimum Gasteiger partial charge on any atom is -0.454 e. The highest BCUT2D eigenvalue weighted by Gasteiger charge is 2.50. The van der Waals surface area contributed by atoms with Gasteiger partial charge in [0.05, 0.1) is 5.60 Å². The Morgan fingerprint density at radius 3 is 2.61 bits per heavy atom. The first-order chi connectivity index (χ1) is 13.4. The molecule has 28 heavy (non-hydrogen) atoms. The van der Waals surface area contributed by atoms with E-state index in [0.29, 0.717) is 30.2 Å². The molecule has 1 aromatic carbocycles. The number of aliphatic hydroxyl groups is 1. The number of carbonyl (C=O) groups is 1. The number of aromatic nitrogens is 3. The van der Waals surface area contributed by atoms with Crippen molar-refractivity contribution < 1.29 is 19.4 Å². The lowest BCUT2D eigenvalue weighted by molar-refractivity contribution is -0.142. The van der Waals surface area contributed by atoms with E-state index in [0.717, 1.165) is 24.2 Å². The Morgan fingerprint density at radius 1 is 1.21 bits per heavy atom. The molecule has 4 heterocycles. The van der Waals surface area contributed by atoms with Gasteiger partial charge in [-0.1, -0.05) is 6.07 Å². The van der Waals surface area contributed by atoms with Crippen molar-refractivity contribution in [3.8, 4) is 11.5 Å². The second-order valence-corrected chi connectivity index (χ2v) is 8.06. The van der Waals surface area contributed by atoms with Crippen molar-refractivity contribution in [2.45, 2.75) is 63.8 Å². The van der Waals surface area contributed by atoms with E-state index in [9.17, 15) is 9.90 Å². The topological polar surface area (TPSA) is 89.7 Å². The van der Waals surface area contributed by atoms with Crippen LogP contribution in [0, 0.1) is 13.8 Å². The van der Waals surface area contributed by atoms with E-state index in [4.69, 9.17) is 9.47 Å². The zero-order valence-electron chi connectivity index (χ0n) is 16.1. The predicted octanol–water partition coefficient (Wildman–Crippen LogP) is 1.66. The molecular weight excluding hydrogens is 360 g/mol. The van der Waals surface area contributed by atoms with Crippen molar-refractivity contribution in [3.05, 3.63) is 35.4 Å². The summed E-state index contributed by atoms with van der Waals surface area (Å²) in [7, 11) is 0. The average molecular weight is 384 g/mol. The van der Waals surface area contributed by atoms with Gasteiger partial charge in [-0.25, -0.2) is 9.67 Å². The van der Waals surface area contributed by atoms with Crippen LogP contribution in [0.3, 0.4) is 0 Å². The minimum absolute atomic E-state index is 0.0339.